The van der Waals surface area contributed by atoms with Gasteiger partial charge >= 0.3 is 5.97 Å². The van der Waals surface area contributed by atoms with Crippen LogP contribution < -0.4 is 15.4 Å². The van der Waals surface area contributed by atoms with Crippen LogP contribution >= 0.6 is 0 Å². The minimum Gasteiger partial charge on any atom is -0.496 e. The van der Waals surface area contributed by atoms with Crippen molar-refractivity contribution in [3.8, 4) is 22.9 Å². The van der Waals surface area contributed by atoms with Crippen LogP contribution in [0.3, 0.4) is 0 Å². The van der Waals surface area contributed by atoms with E-state index >= 15 is 0 Å². The normalized spacial score (nSPS) is 15.1. The number of nitriles is 1. The van der Waals surface area contributed by atoms with E-state index in [2.05, 4.69) is 26.6 Å². The highest BCUT2D eigenvalue weighted by Crippen LogP contribution is 2.33. The van der Waals surface area contributed by atoms with Gasteiger partial charge in [-0.3, -0.25) is 19.5 Å². The molecule has 0 spiro atoms. The van der Waals surface area contributed by atoms with Gasteiger partial charge in [0.2, 0.25) is 0 Å². The van der Waals surface area contributed by atoms with E-state index in [9.17, 15) is 25.1 Å². The molecule has 5 rings (SSSR count). The van der Waals surface area contributed by atoms with Crippen molar-refractivity contribution in [2.24, 2.45) is 0 Å². The second kappa shape index (κ2) is 17.0. The van der Waals surface area contributed by atoms with Gasteiger partial charge in [-0.15, -0.1) is 0 Å². The minimum absolute atomic E-state index is 0.145. The van der Waals surface area contributed by atoms with Crippen LogP contribution in [0.4, 0.5) is 5.69 Å². The van der Waals surface area contributed by atoms with Crippen LogP contribution in [0.25, 0.3) is 23.3 Å². The zero-order valence-electron chi connectivity index (χ0n) is 29.0. The zero-order chi connectivity index (χ0) is 36.5. The number of nitrogens with zero attached hydrogens (tertiary/aromatic N) is 3. The largest absolute Gasteiger partial charge is 0.496 e. The van der Waals surface area contributed by atoms with Gasteiger partial charge in [0.05, 0.1) is 37.0 Å². The summed E-state index contributed by atoms with van der Waals surface area (Å²) in [5, 5.41) is 44.7. The molecule has 11 nitrogen and oxygen atoms in total. The number of hydrogen-bond donors (Lipinski definition) is 5. The summed E-state index contributed by atoms with van der Waals surface area (Å²) in [5.41, 5.74) is 8.25. The minimum atomic E-state index is -1.05. The molecule has 2 atom stereocenters. The fourth-order valence-electron chi connectivity index (χ4n) is 6.28. The Morgan fingerprint density at radius 2 is 1.86 bits per heavy atom. The Morgan fingerprint density at radius 1 is 1.10 bits per heavy atom. The first kappa shape index (κ1) is 36.9. The van der Waals surface area contributed by atoms with Gasteiger partial charge in [-0.25, -0.2) is 0 Å². The number of methoxy groups -OCH3 is 1. The first-order chi connectivity index (χ1) is 24.6. The molecule has 51 heavy (non-hydrogen) atoms. The lowest BCUT2D eigenvalue weighted by molar-refractivity contribution is -0.139. The summed E-state index contributed by atoms with van der Waals surface area (Å²) < 4.78 is 5.64. The maximum absolute atomic E-state index is 13.2. The Kier molecular flexibility index (Phi) is 12.3. The number of ether oxygens (including phenoxy) is 1. The van der Waals surface area contributed by atoms with Crippen molar-refractivity contribution in [3.63, 3.8) is 0 Å². The molecule has 1 amide bonds. The number of aliphatic hydroxyl groups excluding tert-OH is 2. The first-order valence-corrected chi connectivity index (χ1v) is 16.8. The van der Waals surface area contributed by atoms with E-state index in [-0.39, 0.29) is 24.8 Å². The quantitative estimate of drug-likeness (QED) is 0.112. The van der Waals surface area contributed by atoms with E-state index in [1.165, 1.54) is 0 Å². The molecule has 0 radical (unpaired) electrons. The van der Waals surface area contributed by atoms with Crippen LogP contribution in [0.1, 0.15) is 62.3 Å². The molecule has 0 bridgehead atoms. The SMILES string of the molecule is COc1cc(/C=C/c2cccc(-c3cccc(NC(=O)c4ccc(CN5CC[C@@H](O)C5)cn4)c3C#N)c2C)c(C)cc1CNC[C@@H](O)CC(=O)O. The van der Waals surface area contributed by atoms with Gasteiger partial charge in [0.15, 0.2) is 0 Å². The number of carbonyl (C=O) groups excluding carboxylic acids is 1. The molecule has 4 aromatic rings. The lowest BCUT2D eigenvalue weighted by Crippen LogP contribution is -2.28. The number of carbonyl (C=O) groups is 2. The molecular weight excluding hydrogens is 646 g/mol. The number of aliphatic hydroxyl groups is 2. The van der Waals surface area contributed by atoms with Crippen LogP contribution in [0.2, 0.25) is 0 Å². The molecule has 0 unspecified atom stereocenters. The van der Waals surface area contributed by atoms with Gasteiger partial charge in [-0.2, -0.15) is 5.26 Å². The molecule has 1 aliphatic heterocycles. The van der Waals surface area contributed by atoms with Crippen molar-refractivity contribution < 1.29 is 29.6 Å². The van der Waals surface area contributed by atoms with Crippen LogP contribution in [0, 0.1) is 25.2 Å². The molecular formula is C40H43N5O6. The van der Waals surface area contributed by atoms with Crippen molar-refractivity contribution in [3.05, 3.63) is 111 Å². The number of carboxylic acid groups (broad SMARTS) is 1. The lowest BCUT2D eigenvalue weighted by Gasteiger charge is -2.15. The number of likely N-dealkylation sites (tertiary alicyclic amines) is 1. The second-order valence-corrected chi connectivity index (χ2v) is 12.8. The highest BCUT2D eigenvalue weighted by molar-refractivity contribution is 6.04. The molecule has 0 aliphatic carbocycles. The molecule has 3 aromatic carbocycles. The average Bonchev–Trinajstić information content (AvgIpc) is 3.52. The van der Waals surface area contributed by atoms with Crippen LogP contribution in [0.15, 0.2) is 66.9 Å². The fraction of sp³-hybridized carbons (Fsp3) is 0.300. The van der Waals surface area contributed by atoms with Gasteiger partial charge in [0.1, 0.15) is 17.5 Å². The zero-order valence-corrected chi connectivity index (χ0v) is 29.0. The summed E-state index contributed by atoms with van der Waals surface area (Å²) in [6.45, 7) is 6.65. The van der Waals surface area contributed by atoms with E-state index in [1.807, 2.05) is 74.5 Å². The number of pyridine rings is 1. The van der Waals surface area contributed by atoms with E-state index < -0.39 is 18.0 Å². The summed E-state index contributed by atoms with van der Waals surface area (Å²) >= 11 is 0. The maximum atomic E-state index is 13.2. The molecule has 5 N–H and O–H groups in total. The summed E-state index contributed by atoms with van der Waals surface area (Å²) in [7, 11) is 1.59. The number of amides is 1. The molecule has 0 saturated carbocycles. The van der Waals surface area contributed by atoms with E-state index in [4.69, 9.17) is 9.84 Å². The summed E-state index contributed by atoms with van der Waals surface area (Å²) in [5.74, 6) is -0.800. The number of carboxylic acids is 1. The van der Waals surface area contributed by atoms with Crippen molar-refractivity contribution >= 4 is 29.7 Å². The predicted molar refractivity (Wildman–Crippen MR) is 196 cm³/mol. The van der Waals surface area contributed by atoms with Crippen LogP contribution in [-0.4, -0.2) is 76.0 Å². The van der Waals surface area contributed by atoms with Crippen molar-refractivity contribution in [1.29, 1.82) is 5.26 Å². The summed E-state index contributed by atoms with van der Waals surface area (Å²) in [4.78, 5) is 30.5. The number of hydrogen-bond acceptors (Lipinski definition) is 9. The number of aliphatic carboxylic acids is 1. The van der Waals surface area contributed by atoms with E-state index in [0.717, 1.165) is 51.9 Å². The Balaban J connectivity index is 1.31. The highest BCUT2D eigenvalue weighted by atomic mass is 16.5. The average molecular weight is 690 g/mol. The van der Waals surface area contributed by atoms with Gasteiger partial charge in [-0.1, -0.05) is 54.6 Å². The number of anilines is 1. The standard InChI is InChI=1S/C40H43N5O6/c1-25-16-30(21-42-22-32(47)18-39(48)49)38(51-3)17-29(25)12-11-28-6-4-7-33(26(28)2)34-8-5-9-36(35(34)19-41)44-40(50)37-13-10-27(20-43-37)23-45-15-14-31(46)24-45/h4-13,16-17,20,31-32,42,46-47H,14-15,18,21-24H2,1-3H3,(H,44,50)(H,48,49)/b12-11+/t31-,32+/m1/s1. The number of β-amino-alcohol motifs (C(OH)–C–C–N with tert-alkyl or cyclic N) is 1. The topological polar surface area (TPSA) is 168 Å². The monoisotopic (exact) mass is 689 g/mol. The number of benzene rings is 3. The molecule has 1 aromatic heterocycles. The van der Waals surface area contributed by atoms with E-state index in [0.29, 0.717) is 42.2 Å². The Bertz CT molecular complexity index is 1950. The van der Waals surface area contributed by atoms with Gasteiger partial charge in [0, 0.05) is 50.0 Å². The smallest absolute Gasteiger partial charge is 0.306 e. The predicted octanol–water partition coefficient (Wildman–Crippen LogP) is 5.16. The third kappa shape index (κ3) is 9.45. The molecule has 2 heterocycles. The Morgan fingerprint density at radius 3 is 2.55 bits per heavy atom. The van der Waals surface area contributed by atoms with Gasteiger partial charge in [-0.05, 0) is 71.8 Å². The van der Waals surface area contributed by atoms with Crippen molar-refractivity contribution in [2.75, 3.05) is 32.1 Å². The molecule has 1 fully saturated rings. The third-order valence-corrected chi connectivity index (χ3v) is 9.02. The molecule has 11 heteroatoms. The van der Waals surface area contributed by atoms with Crippen molar-refractivity contribution in [2.45, 2.75) is 52.0 Å². The number of aromatic nitrogens is 1. The summed E-state index contributed by atoms with van der Waals surface area (Å²) in [6.07, 6.45) is 4.84. The van der Waals surface area contributed by atoms with Crippen molar-refractivity contribution in [1.82, 2.24) is 15.2 Å². The maximum Gasteiger partial charge on any atom is 0.306 e. The third-order valence-electron chi connectivity index (χ3n) is 9.02. The number of rotatable bonds is 14. The Labute approximate surface area is 297 Å². The second-order valence-electron chi connectivity index (χ2n) is 12.8. The fourth-order valence-corrected chi connectivity index (χ4v) is 6.28. The van der Waals surface area contributed by atoms with Gasteiger partial charge < -0.3 is 30.7 Å². The van der Waals surface area contributed by atoms with Gasteiger partial charge in [0.25, 0.3) is 5.91 Å². The number of aryl methyl sites for hydroxylation is 1. The molecule has 1 saturated heterocycles. The molecule has 1 aliphatic rings. The number of nitrogens with one attached hydrogen (secondary N) is 2. The molecule has 264 valence electrons. The lowest BCUT2D eigenvalue weighted by atomic mass is 9.92. The summed E-state index contributed by atoms with van der Waals surface area (Å²) in [6, 6.07) is 21.1. The highest BCUT2D eigenvalue weighted by Gasteiger charge is 2.21. The van der Waals surface area contributed by atoms with Crippen LogP contribution in [0.5, 0.6) is 5.75 Å². The first-order valence-electron chi connectivity index (χ1n) is 16.8. The Hall–Kier alpha value is -5.38. The van der Waals surface area contributed by atoms with E-state index in [1.54, 1.807) is 25.4 Å². The van der Waals surface area contributed by atoms with Crippen LogP contribution in [-0.2, 0) is 17.9 Å².